The fraction of sp³-hybridized carbons (Fsp3) is 0. The van der Waals surface area contributed by atoms with Crippen LogP contribution in [-0.2, 0) is 71.1 Å². The van der Waals surface area contributed by atoms with E-state index in [1.165, 1.54) is 0 Å². The van der Waals surface area contributed by atoms with Gasteiger partial charge in [-0.3, -0.25) is 16.8 Å². The van der Waals surface area contributed by atoms with Crippen LogP contribution in [0.1, 0.15) is 0 Å². The zero-order valence-electron chi connectivity index (χ0n) is 5.98. The van der Waals surface area contributed by atoms with Gasteiger partial charge in [0.1, 0.15) is 0 Å². The molecule has 0 saturated heterocycles. The summed E-state index contributed by atoms with van der Waals surface area (Å²) in [6, 6.07) is 0. The summed E-state index contributed by atoms with van der Waals surface area (Å²) in [5, 5.41) is 0. The number of hydrogen-bond donors (Lipinski definition) is 0. The molecular formula is H2Co3O10S2. The predicted molar refractivity (Wildman–Crippen MR) is 24.8 cm³/mol. The Morgan fingerprint density at radius 3 is 0.533 bits per heavy atom. The van der Waals surface area contributed by atoms with Gasteiger partial charge in [-0.25, -0.2) is 0 Å². The second-order valence-corrected chi connectivity index (χ2v) is 2.45. The Hall–Kier alpha value is 1.18. The Bertz CT molecular complexity index is 215. The summed E-state index contributed by atoms with van der Waals surface area (Å²) in [6.07, 6.45) is 0. The normalized spacial score (nSPS) is 7.73. The molecule has 0 spiro atoms. The third-order valence-corrected chi connectivity index (χ3v) is 0. The molecule has 3 radical (unpaired) electrons. The van der Waals surface area contributed by atoms with E-state index in [0.29, 0.717) is 0 Å². The molecule has 0 fully saturated rings. The summed E-state index contributed by atoms with van der Waals surface area (Å²) in [5.41, 5.74) is 0. The van der Waals surface area contributed by atoms with Crippen molar-refractivity contribution in [2.45, 2.75) is 0 Å². The van der Waals surface area contributed by atoms with Crippen LogP contribution in [0, 0.1) is 0 Å². The van der Waals surface area contributed by atoms with E-state index in [1.54, 1.807) is 0 Å². The average molecular weight is 403 g/mol. The van der Waals surface area contributed by atoms with Crippen LogP contribution in [0.5, 0.6) is 0 Å². The molecule has 0 atom stereocenters. The van der Waals surface area contributed by atoms with Crippen molar-refractivity contribution >= 4 is 20.8 Å². The van der Waals surface area contributed by atoms with Crippen molar-refractivity contribution < 1.29 is 96.3 Å². The molecule has 0 aromatic carbocycles. The van der Waals surface area contributed by atoms with Crippen LogP contribution in [0.3, 0.4) is 0 Å². The third kappa shape index (κ3) is 1900. The summed E-state index contributed by atoms with van der Waals surface area (Å²) < 4.78 is 68.2. The van der Waals surface area contributed by atoms with Gasteiger partial charge in [-0.1, -0.05) is 0 Å². The van der Waals surface area contributed by atoms with Gasteiger partial charge < -0.3 is 29.2 Å². The van der Waals surface area contributed by atoms with E-state index in [2.05, 4.69) is 0 Å². The quantitative estimate of drug-likeness (QED) is 0.294. The molecule has 2 N–H and O–H groups in total. The van der Waals surface area contributed by atoms with Crippen molar-refractivity contribution in [2.75, 3.05) is 0 Å². The first-order chi connectivity index (χ1) is 4.00. The minimum absolute atomic E-state index is 0. The minimum atomic E-state index is -5.17. The van der Waals surface area contributed by atoms with Gasteiger partial charge >= 0.3 is 50.3 Å². The van der Waals surface area contributed by atoms with E-state index in [1.807, 2.05) is 0 Å². The number of rotatable bonds is 0. The van der Waals surface area contributed by atoms with E-state index >= 15 is 0 Å². The first-order valence-electron chi connectivity index (χ1n) is 1.33. The molecule has 0 unspecified atom stereocenters. The zero-order valence-corrected chi connectivity index (χ0v) is 10.7. The molecule has 15 heteroatoms. The minimum Gasteiger partial charge on any atom is -0.870 e. The summed E-state index contributed by atoms with van der Waals surface area (Å²) in [6.45, 7) is 0. The molecule has 0 aromatic rings. The molecule has 0 saturated carbocycles. The smallest absolute Gasteiger partial charge is 0.870 e. The van der Waals surface area contributed by atoms with Gasteiger partial charge in [-0.05, 0) is 0 Å². The molecule has 0 aliphatic carbocycles. The summed E-state index contributed by atoms with van der Waals surface area (Å²) in [7, 11) is -10.3. The van der Waals surface area contributed by atoms with E-state index in [9.17, 15) is 0 Å². The number of hydrogen-bond acceptors (Lipinski definition) is 10. The Morgan fingerprint density at radius 2 is 0.533 bits per heavy atom. The van der Waals surface area contributed by atoms with Crippen LogP contribution < -0.4 is 0 Å². The van der Waals surface area contributed by atoms with Crippen molar-refractivity contribution in [3.63, 3.8) is 0 Å². The van der Waals surface area contributed by atoms with Crippen molar-refractivity contribution in [3.05, 3.63) is 0 Å². The summed E-state index contributed by atoms with van der Waals surface area (Å²) in [5.74, 6) is 0. The summed E-state index contributed by atoms with van der Waals surface area (Å²) >= 11 is 0. The van der Waals surface area contributed by atoms with Crippen LogP contribution in [0.4, 0.5) is 0 Å². The van der Waals surface area contributed by atoms with Crippen LogP contribution in [0.2, 0.25) is 0 Å². The van der Waals surface area contributed by atoms with Crippen LogP contribution in [0.15, 0.2) is 0 Å². The molecule has 101 valence electrons. The van der Waals surface area contributed by atoms with Crippen LogP contribution in [0.25, 0.3) is 0 Å². The van der Waals surface area contributed by atoms with Gasteiger partial charge in [0.05, 0.1) is 0 Å². The Labute approximate surface area is 117 Å². The second-order valence-electron chi connectivity index (χ2n) is 0.816. The van der Waals surface area contributed by atoms with Crippen LogP contribution >= 0.6 is 0 Å². The van der Waals surface area contributed by atoms with E-state index < -0.39 is 20.8 Å². The van der Waals surface area contributed by atoms with E-state index in [-0.39, 0.29) is 61.3 Å². The Balaban J connectivity index is -0.0000000128. The molecule has 0 bridgehead atoms. The van der Waals surface area contributed by atoms with Gasteiger partial charge in [0, 0.05) is 20.8 Å². The van der Waals surface area contributed by atoms with Crippen molar-refractivity contribution in [1.82, 2.24) is 0 Å². The molecular weight excluding hydrogens is 401 g/mol. The topological polar surface area (TPSA) is 221 Å². The first kappa shape index (κ1) is 44.2. The molecule has 15 heavy (non-hydrogen) atoms. The van der Waals surface area contributed by atoms with Gasteiger partial charge in [0.25, 0.3) is 0 Å². The molecule has 0 aliphatic heterocycles. The zero-order chi connectivity index (χ0) is 9.00. The van der Waals surface area contributed by atoms with E-state index in [0.717, 1.165) is 0 Å². The standard InChI is InChI=1S/3Co.2H2O4S.2H2O/c;;;2*1-5(2,3)4;;/h;;;2*(H2,1,2,3,4);2*1H2/q3*+2;;;;/p-6. The molecule has 0 aliphatic rings. The fourth-order valence-electron chi connectivity index (χ4n) is 0. The molecule has 0 aromatic heterocycles. The predicted octanol–water partition coefficient (Wildman–Crippen LogP) is -3.04. The Kier molecular flexibility index (Phi) is 51.8. The maximum absolute atomic E-state index is 8.52. The fourth-order valence-corrected chi connectivity index (χ4v) is 0. The average Bonchev–Trinajstić information content (AvgIpc) is 1.12. The third-order valence-electron chi connectivity index (χ3n) is 0. The van der Waals surface area contributed by atoms with E-state index in [4.69, 9.17) is 35.0 Å². The van der Waals surface area contributed by atoms with Crippen molar-refractivity contribution in [2.24, 2.45) is 0 Å². The summed E-state index contributed by atoms with van der Waals surface area (Å²) in [4.78, 5) is 0. The molecule has 10 nitrogen and oxygen atoms in total. The van der Waals surface area contributed by atoms with Gasteiger partial charge in [0.2, 0.25) is 0 Å². The van der Waals surface area contributed by atoms with Gasteiger partial charge in [-0.15, -0.1) is 0 Å². The van der Waals surface area contributed by atoms with Crippen molar-refractivity contribution in [1.29, 1.82) is 0 Å². The van der Waals surface area contributed by atoms with Crippen molar-refractivity contribution in [3.8, 4) is 0 Å². The SMILES string of the molecule is O=S(=O)([O-])[O-].O=S(=O)([O-])[O-].[Co+2].[Co+2].[Co+2].[OH-].[OH-]. The Morgan fingerprint density at radius 1 is 0.533 bits per heavy atom. The molecule has 0 heterocycles. The van der Waals surface area contributed by atoms with Crippen LogP contribution in [-0.4, -0.2) is 46.0 Å². The maximum Gasteiger partial charge on any atom is 2.00 e. The second kappa shape index (κ2) is 17.6. The van der Waals surface area contributed by atoms with Gasteiger partial charge in [-0.2, -0.15) is 0 Å². The van der Waals surface area contributed by atoms with Gasteiger partial charge in [0.15, 0.2) is 0 Å². The largest absolute Gasteiger partial charge is 2.00 e. The molecule has 0 rings (SSSR count). The maximum atomic E-state index is 8.52. The first-order valence-corrected chi connectivity index (χ1v) is 4.00. The molecule has 0 amide bonds. The monoisotopic (exact) mass is 403 g/mol.